The number of fused-ring (bicyclic) bond motifs is 1. The molecule has 7 nitrogen and oxygen atoms in total. The molecule has 1 aromatic carbocycles. The standard InChI is InChI=1S/C17H20N2O5/c1-4-9(2)13(17(23)24-10(3)14(18)20)19-15(21)11-7-5-6-8-12(11)16(19)22/h5-10,13H,4H2,1-3H3,(H2,18,20)/t9-,10+,13-/m0/s1. The summed E-state index contributed by atoms with van der Waals surface area (Å²) >= 11 is 0. The van der Waals surface area contributed by atoms with Gasteiger partial charge in [0.1, 0.15) is 6.04 Å². The third-order valence-electron chi connectivity index (χ3n) is 4.22. The molecule has 0 unspecified atom stereocenters. The molecule has 7 heteroatoms. The summed E-state index contributed by atoms with van der Waals surface area (Å²) in [6, 6.07) is 5.28. The highest BCUT2D eigenvalue weighted by Gasteiger charge is 2.45. The smallest absolute Gasteiger partial charge is 0.330 e. The van der Waals surface area contributed by atoms with Crippen LogP contribution >= 0.6 is 0 Å². The van der Waals surface area contributed by atoms with Crippen molar-refractivity contribution in [3.05, 3.63) is 35.4 Å². The lowest BCUT2D eigenvalue weighted by Gasteiger charge is -2.29. The maximum atomic E-state index is 12.6. The van der Waals surface area contributed by atoms with Gasteiger partial charge in [0.25, 0.3) is 17.7 Å². The minimum Gasteiger partial charge on any atom is -0.451 e. The summed E-state index contributed by atoms with van der Waals surface area (Å²) in [5.41, 5.74) is 5.62. The average Bonchev–Trinajstić information content (AvgIpc) is 2.80. The minimum absolute atomic E-state index is 0.256. The van der Waals surface area contributed by atoms with E-state index in [-0.39, 0.29) is 17.0 Å². The molecule has 0 spiro atoms. The van der Waals surface area contributed by atoms with Gasteiger partial charge in [-0.05, 0) is 25.0 Å². The lowest BCUT2D eigenvalue weighted by atomic mass is 9.97. The third-order valence-corrected chi connectivity index (χ3v) is 4.22. The van der Waals surface area contributed by atoms with E-state index in [4.69, 9.17) is 10.5 Å². The fourth-order valence-corrected chi connectivity index (χ4v) is 2.58. The number of nitrogens with zero attached hydrogens (tertiary/aromatic N) is 1. The number of rotatable bonds is 6. The Bertz CT molecular complexity index is 665. The number of primary amides is 1. The van der Waals surface area contributed by atoms with E-state index in [1.807, 2.05) is 6.92 Å². The van der Waals surface area contributed by atoms with Crippen molar-refractivity contribution in [2.45, 2.75) is 39.3 Å². The molecule has 24 heavy (non-hydrogen) atoms. The van der Waals surface area contributed by atoms with E-state index >= 15 is 0 Å². The van der Waals surface area contributed by atoms with Gasteiger partial charge < -0.3 is 10.5 Å². The Morgan fingerprint density at radius 2 is 1.62 bits per heavy atom. The molecule has 1 aromatic rings. The summed E-state index contributed by atoms with van der Waals surface area (Å²) in [6.07, 6.45) is -0.600. The van der Waals surface area contributed by atoms with Gasteiger partial charge in [-0.15, -0.1) is 0 Å². The van der Waals surface area contributed by atoms with Crippen LogP contribution in [0, 0.1) is 5.92 Å². The zero-order valence-corrected chi connectivity index (χ0v) is 13.8. The van der Waals surface area contributed by atoms with E-state index in [1.54, 1.807) is 31.2 Å². The van der Waals surface area contributed by atoms with E-state index in [1.165, 1.54) is 6.92 Å². The van der Waals surface area contributed by atoms with Crippen molar-refractivity contribution in [1.82, 2.24) is 4.90 Å². The quantitative estimate of drug-likeness (QED) is 0.620. The van der Waals surface area contributed by atoms with Crippen LogP contribution in [0.15, 0.2) is 24.3 Å². The fourth-order valence-electron chi connectivity index (χ4n) is 2.58. The first kappa shape index (κ1) is 17.7. The Hall–Kier alpha value is -2.70. The first-order valence-corrected chi connectivity index (χ1v) is 7.76. The molecule has 0 saturated carbocycles. The molecule has 2 N–H and O–H groups in total. The minimum atomic E-state index is -1.14. The van der Waals surface area contributed by atoms with Crippen molar-refractivity contribution in [2.75, 3.05) is 0 Å². The predicted octanol–water partition coefficient (Wildman–Crippen LogP) is 1.11. The molecule has 1 aliphatic rings. The lowest BCUT2D eigenvalue weighted by molar-refractivity contribution is -0.159. The number of carbonyl (C=O) groups is 4. The summed E-state index contributed by atoms with van der Waals surface area (Å²) in [6.45, 7) is 4.92. The molecule has 0 saturated heterocycles. The van der Waals surface area contributed by atoms with Gasteiger partial charge in [-0.1, -0.05) is 32.4 Å². The summed E-state index contributed by atoms with van der Waals surface area (Å²) in [7, 11) is 0. The Balaban J connectivity index is 2.36. The largest absolute Gasteiger partial charge is 0.451 e. The number of esters is 1. The zero-order valence-electron chi connectivity index (χ0n) is 13.8. The molecule has 0 aromatic heterocycles. The number of benzene rings is 1. The number of ether oxygens (including phenoxy) is 1. The molecule has 0 fully saturated rings. The van der Waals surface area contributed by atoms with Crippen molar-refractivity contribution in [3.63, 3.8) is 0 Å². The van der Waals surface area contributed by atoms with E-state index in [0.29, 0.717) is 6.42 Å². The van der Waals surface area contributed by atoms with Gasteiger partial charge in [-0.25, -0.2) is 4.79 Å². The van der Waals surface area contributed by atoms with Crippen LogP contribution in [0.3, 0.4) is 0 Å². The Morgan fingerprint density at radius 1 is 1.12 bits per heavy atom. The van der Waals surface area contributed by atoms with Crippen molar-refractivity contribution >= 4 is 23.7 Å². The number of carbonyl (C=O) groups excluding carboxylic acids is 4. The molecule has 2 rings (SSSR count). The van der Waals surface area contributed by atoms with Crippen molar-refractivity contribution < 1.29 is 23.9 Å². The molecule has 3 atom stereocenters. The second kappa shape index (κ2) is 6.82. The molecule has 3 amide bonds. The highest BCUT2D eigenvalue weighted by atomic mass is 16.5. The first-order valence-electron chi connectivity index (χ1n) is 7.76. The van der Waals surface area contributed by atoms with E-state index in [2.05, 4.69) is 0 Å². The Kier molecular flexibility index (Phi) is 5.02. The van der Waals surface area contributed by atoms with Gasteiger partial charge in [0.2, 0.25) is 0 Å². The average molecular weight is 332 g/mol. The maximum absolute atomic E-state index is 12.6. The molecular weight excluding hydrogens is 312 g/mol. The van der Waals surface area contributed by atoms with Crippen LogP contribution in [0.4, 0.5) is 0 Å². The zero-order chi connectivity index (χ0) is 18.0. The summed E-state index contributed by atoms with van der Waals surface area (Å²) in [4.78, 5) is 49.8. The molecule has 128 valence electrons. The third kappa shape index (κ3) is 3.02. The van der Waals surface area contributed by atoms with Crippen LogP contribution in [-0.4, -0.2) is 40.7 Å². The number of amides is 3. The highest BCUT2D eigenvalue weighted by molar-refractivity contribution is 6.22. The van der Waals surface area contributed by atoms with Crippen LogP contribution < -0.4 is 5.73 Å². The van der Waals surface area contributed by atoms with Crippen molar-refractivity contribution in [3.8, 4) is 0 Å². The topological polar surface area (TPSA) is 107 Å². The number of nitrogens with two attached hydrogens (primary N) is 1. The lowest BCUT2D eigenvalue weighted by Crippen LogP contribution is -2.50. The second-order valence-electron chi connectivity index (χ2n) is 5.84. The molecule has 1 heterocycles. The monoisotopic (exact) mass is 332 g/mol. The molecule has 1 aliphatic heterocycles. The van der Waals surface area contributed by atoms with Crippen LogP contribution in [0.5, 0.6) is 0 Å². The Labute approximate surface area is 139 Å². The van der Waals surface area contributed by atoms with E-state index in [0.717, 1.165) is 4.90 Å². The van der Waals surface area contributed by atoms with Gasteiger partial charge in [0, 0.05) is 0 Å². The molecule has 0 aliphatic carbocycles. The van der Waals surface area contributed by atoms with Gasteiger partial charge in [-0.3, -0.25) is 19.3 Å². The summed E-state index contributed by atoms with van der Waals surface area (Å²) in [5.74, 6) is -3.02. The number of hydrogen-bond donors (Lipinski definition) is 1. The summed E-state index contributed by atoms with van der Waals surface area (Å²) < 4.78 is 5.05. The molecule has 0 bridgehead atoms. The van der Waals surface area contributed by atoms with Gasteiger partial charge in [0.15, 0.2) is 6.10 Å². The normalized spacial score (nSPS) is 17.2. The second-order valence-corrected chi connectivity index (χ2v) is 5.84. The van der Waals surface area contributed by atoms with Crippen LogP contribution in [0.1, 0.15) is 47.9 Å². The predicted molar refractivity (Wildman–Crippen MR) is 84.9 cm³/mol. The maximum Gasteiger partial charge on any atom is 0.330 e. The molecular formula is C17H20N2O5. The first-order chi connectivity index (χ1) is 11.3. The highest BCUT2D eigenvalue weighted by Crippen LogP contribution is 2.28. The summed E-state index contributed by atoms with van der Waals surface area (Å²) in [5, 5.41) is 0. The fraction of sp³-hybridized carbons (Fsp3) is 0.412. The Morgan fingerprint density at radius 3 is 2.04 bits per heavy atom. The van der Waals surface area contributed by atoms with Crippen LogP contribution in [0.2, 0.25) is 0 Å². The van der Waals surface area contributed by atoms with Gasteiger partial charge in [0.05, 0.1) is 11.1 Å². The van der Waals surface area contributed by atoms with Crippen molar-refractivity contribution in [1.29, 1.82) is 0 Å². The number of imide groups is 1. The van der Waals surface area contributed by atoms with Crippen LogP contribution in [-0.2, 0) is 14.3 Å². The SMILES string of the molecule is CC[C@H](C)[C@@H](C(=O)O[C@H](C)C(N)=O)N1C(=O)c2ccccc2C1=O. The number of hydrogen-bond acceptors (Lipinski definition) is 5. The van der Waals surface area contributed by atoms with E-state index < -0.39 is 35.8 Å². The van der Waals surface area contributed by atoms with Crippen molar-refractivity contribution in [2.24, 2.45) is 11.7 Å². The van der Waals surface area contributed by atoms with Crippen LogP contribution in [0.25, 0.3) is 0 Å². The van der Waals surface area contributed by atoms with Gasteiger partial charge >= 0.3 is 5.97 Å². The molecule has 0 radical (unpaired) electrons. The van der Waals surface area contributed by atoms with Gasteiger partial charge in [-0.2, -0.15) is 0 Å². The van der Waals surface area contributed by atoms with E-state index in [9.17, 15) is 19.2 Å².